The third-order valence-electron chi connectivity index (χ3n) is 3.37. The van der Waals surface area contributed by atoms with Crippen molar-refractivity contribution < 1.29 is 17.6 Å². The number of primary amides is 1. The summed E-state index contributed by atoms with van der Waals surface area (Å²) < 4.78 is 28.7. The summed E-state index contributed by atoms with van der Waals surface area (Å²) in [6.07, 6.45) is 2.51. The van der Waals surface area contributed by atoms with Crippen molar-refractivity contribution in [2.75, 3.05) is 11.6 Å². The Hall–Kier alpha value is -2.94. The Bertz CT molecular complexity index is 1030. The molecule has 3 rings (SSSR count). The molecule has 0 spiro atoms. The van der Waals surface area contributed by atoms with E-state index in [1.54, 1.807) is 12.1 Å². The molecule has 0 atom stereocenters. The average molecular weight is 346 g/mol. The molecule has 0 saturated carbocycles. The van der Waals surface area contributed by atoms with Gasteiger partial charge in [0, 0.05) is 11.6 Å². The number of nitrogens with two attached hydrogens (primary N) is 1. The normalized spacial score (nSPS) is 11.5. The Morgan fingerprint density at radius 2 is 2.04 bits per heavy atom. The molecule has 0 aliphatic heterocycles. The zero-order valence-corrected chi connectivity index (χ0v) is 13.5. The van der Waals surface area contributed by atoms with Crippen LogP contribution in [-0.2, 0) is 16.4 Å². The minimum absolute atomic E-state index is 0.0682. The quantitative estimate of drug-likeness (QED) is 0.713. The summed E-state index contributed by atoms with van der Waals surface area (Å²) in [5.41, 5.74) is 5.74. The molecule has 0 fully saturated rings. The van der Waals surface area contributed by atoms with Crippen LogP contribution in [0.3, 0.4) is 0 Å². The summed E-state index contributed by atoms with van der Waals surface area (Å²) in [5.74, 6) is 0.377. The highest BCUT2D eigenvalue weighted by Gasteiger charge is 2.12. The molecule has 3 N–H and O–H groups in total. The van der Waals surface area contributed by atoms with E-state index < -0.39 is 15.7 Å². The van der Waals surface area contributed by atoms with Crippen molar-refractivity contribution in [3.8, 4) is 0 Å². The number of amides is 1. The highest BCUT2D eigenvalue weighted by Crippen LogP contribution is 2.23. The molecule has 9 heteroatoms. The van der Waals surface area contributed by atoms with E-state index >= 15 is 0 Å². The van der Waals surface area contributed by atoms with Crippen LogP contribution in [0.25, 0.3) is 10.9 Å². The second kappa shape index (κ2) is 5.93. The lowest BCUT2D eigenvalue weighted by atomic mass is 10.2. The van der Waals surface area contributed by atoms with Crippen molar-refractivity contribution in [1.82, 2.24) is 9.97 Å². The minimum atomic E-state index is -3.34. The van der Waals surface area contributed by atoms with Crippen LogP contribution in [0.1, 0.15) is 16.3 Å². The van der Waals surface area contributed by atoms with Gasteiger partial charge in [0.1, 0.15) is 17.9 Å². The molecule has 3 aromatic rings. The highest BCUT2D eigenvalue weighted by atomic mass is 32.2. The maximum atomic E-state index is 11.7. The van der Waals surface area contributed by atoms with Crippen LogP contribution in [0.4, 0.5) is 5.82 Å². The first-order valence-electron chi connectivity index (χ1n) is 6.92. The molecule has 8 nitrogen and oxygen atoms in total. The van der Waals surface area contributed by atoms with Gasteiger partial charge >= 0.3 is 0 Å². The monoisotopic (exact) mass is 346 g/mol. The summed E-state index contributed by atoms with van der Waals surface area (Å²) in [5, 5.41) is 3.61. The molecule has 0 unspecified atom stereocenters. The lowest BCUT2D eigenvalue weighted by Crippen LogP contribution is -2.09. The van der Waals surface area contributed by atoms with E-state index in [1.165, 1.54) is 24.5 Å². The Balaban J connectivity index is 1.92. The van der Waals surface area contributed by atoms with Gasteiger partial charge in [-0.05, 0) is 30.3 Å². The van der Waals surface area contributed by atoms with Crippen LogP contribution in [-0.4, -0.2) is 30.5 Å². The summed E-state index contributed by atoms with van der Waals surface area (Å²) in [7, 11) is -3.34. The molecule has 124 valence electrons. The van der Waals surface area contributed by atoms with Crippen LogP contribution in [0, 0.1) is 0 Å². The van der Waals surface area contributed by atoms with Crippen LogP contribution < -0.4 is 11.1 Å². The van der Waals surface area contributed by atoms with Crippen LogP contribution >= 0.6 is 0 Å². The molecule has 1 aromatic carbocycles. The number of benzene rings is 1. The number of hydrogen-bond donors (Lipinski definition) is 2. The van der Waals surface area contributed by atoms with E-state index in [-0.39, 0.29) is 17.2 Å². The van der Waals surface area contributed by atoms with E-state index in [1.807, 2.05) is 0 Å². The Kier molecular flexibility index (Phi) is 3.94. The van der Waals surface area contributed by atoms with Crippen molar-refractivity contribution in [2.24, 2.45) is 5.73 Å². The number of sulfone groups is 1. The number of nitrogens with zero attached hydrogens (tertiary/aromatic N) is 2. The molecule has 2 heterocycles. The fourth-order valence-electron chi connectivity index (χ4n) is 2.18. The van der Waals surface area contributed by atoms with Crippen molar-refractivity contribution in [1.29, 1.82) is 0 Å². The average Bonchev–Trinajstić information content (AvgIpc) is 3.00. The van der Waals surface area contributed by atoms with Crippen LogP contribution in [0.5, 0.6) is 0 Å². The first-order valence-corrected chi connectivity index (χ1v) is 8.81. The predicted molar refractivity (Wildman–Crippen MR) is 87.2 cm³/mol. The van der Waals surface area contributed by atoms with Gasteiger partial charge in [0.15, 0.2) is 15.6 Å². The standard InChI is InChI=1S/C15H14N4O4S/c1-24(21,22)10-3-4-12-11(6-10)15(19-8-18-12)17-7-9-2-5-13(23-9)14(16)20/h2-6,8H,7H2,1H3,(H2,16,20)(H,17,18,19). The maximum absolute atomic E-state index is 11.7. The zero-order valence-electron chi connectivity index (χ0n) is 12.7. The van der Waals surface area contributed by atoms with Gasteiger partial charge < -0.3 is 15.5 Å². The van der Waals surface area contributed by atoms with Gasteiger partial charge in [-0.3, -0.25) is 4.79 Å². The summed E-state index contributed by atoms with van der Waals surface area (Å²) in [4.78, 5) is 19.5. The molecular weight excluding hydrogens is 332 g/mol. The molecule has 1 amide bonds. The van der Waals surface area contributed by atoms with Gasteiger partial charge in [-0.25, -0.2) is 18.4 Å². The molecule has 0 aliphatic carbocycles. The van der Waals surface area contributed by atoms with Crippen molar-refractivity contribution in [3.05, 3.63) is 48.2 Å². The second-order valence-electron chi connectivity index (χ2n) is 5.16. The number of aromatic nitrogens is 2. The van der Waals surface area contributed by atoms with Gasteiger partial charge in [0.2, 0.25) is 0 Å². The van der Waals surface area contributed by atoms with E-state index in [2.05, 4.69) is 15.3 Å². The van der Waals surface area contributed by atoms with Gasteiger partial charge in [-0.1, -0.05) is 0 Å². The molecule has 2 aromatic heterocycles. The number of fused-ring (bicyclic) bond motifs is 1. The van der Waals surface area contributed by atoms with Crippen LogP contribution in [0.15, 0.2) is 46.0 Å². The summed E-state index contributed by atoms with van der Waals surface area (Å²) >= 11 is 0. The Morgan fingerprint density at radius 1 is 1.25 bits per heavy atom. The molecule has 0 bridgehead atoms. The number of anilines is 1. The largest absolute Gasteiger partial charge is 0.454 e. The summed E-state index contributed by atoms with van der Waals surface area (Å²) in [6, 6.07) is 7.75. The van der Waals surface area contributed by atoms with Crippen molar-refractivity contribution in [3.63, 3.8) is 0 Å². The Labute approximate surface area is 137 Å². The molecule has 0 radical (unpaired) electrons. The summed E-state index contributed by atoms with van der Waals surface area (Å²) in [6.45, 7) is 0.252. The first-order chi connectivity index (χ1) is 11.3. The van der Waals surface area contributed by atoms with E-state index in [0.717, 1.165) is 6.26 Å². The smallest absolute Gasteiger partial charge is 0.284 e. The first kappa shape index (κ1) is 15.9. The molecule has 24 heavy (non-hydrogen) atoms. The van der Waals surface area contributed by atoms with Gasteiger partial charge in [0.05, 0.1) is 17.0 Å². The lowest BCUT2D eigenvalue weighted by molar-refractivity contribution is 0.0972. The SMILES string of the molecule is CS(=O)(=O)c1ccc2ncnc(NCc3ccc(C(N)=O)o3)c2c1. The van der Waals surface area contributed by atoms with Crippen LogP contribution in [0.2, 0.25) is 0 Å². The van der Waals surface area contributed by atoms with Crippen molar-refractivity contribution in [2.45, 2.75) is 11.4 Å². The maximum Gasteiger partial charge on any atom is 0.284 e. The van der Waals surface area contributed by atoms with E-state index in [9.17, 15) is 13.2 Å². The molecule has 0 saturated heterocycles. The number of nitrogens with one attached hydrogen (secondary N) is 1. The number of rotatable bonds is 5. The number of carbonyl (C=O) groups excluding carboxylic acids is 1. The van der Waals surface area contributed by atoms with E-state index in [0.29, 0.717) is 22.5 Å². The van der Waals surface area contributed by atoms with Gasteiger partial charge in [-0.15, -0.1) is 0 Å². The Morgan fingerprint density at radius 3 is 2.71 bits per heavy atom. The number of carbonyl (C=O) groups is 1. The fraction of sp³-hybridized carbons (Fsp3) is 0.133. The van der Waals surface area contributed by atoms with Gasteiger partial charge in [0.25, 0.3) is 5.91 Å². The number of furan rings is 1. The third kappa shape index (κ3) is 3.20. The fourth-order valence-corrected chi connectivity index (χ4v) is 2.83. The van der Waals surface area contributed by atoms with Gasteiger partial charge in [-0.2, -0.15) is 0 Å². The topological polar surface area (TPSA) is 128 Å². The number of hydrogen-bond acceptors (Lipinski definition) is 7. The highest BCUT2D eigenvalue weighted by molar-refractivity contribution is 7.90. The third-order valence-corrected chi connectivity index (χ3v) is 4.48. The zero-order chi connectivity index (χ0) is 17.3. The van der Waals surface area contributed by atoms with E-state index in [4.69, 9.17) is 10.2 Å². The minimum Gasteiger partial charge on any atom is -0.454 e. The molecular formula is C15H14N4O4S. The lowest BCUT2D eigenvalue weighted by Gasteiger charge is -2.08. The molecule has 0 aliphatic rings. The van der Waals surface area contributed by atoms with Crippen molar-refractivity contribution >= 4 is 32.5 Å². The second-order valence-corrected chi connectivity index (χ2v) is 7.17. The predicted octanol–water partition coefficient (Wildman–Crippen LogP) is 1.34.